The van der Waals surface area contributed by atoms with Gasteiger partial charge >= 0.3 is 0 Å². The Balaban J connectivity index is 2.08. The van der Waals surface area contributed by atoms with E-state index in [1.807, 2.05) is 39.8 Å². The molecule has 40 heavy (non-hydrogen) atoms. The highest BCUT2D eigenvalue weighted by Crippen LogP contribution is 2.29. The Morgan fingerprint density at radius 3 is 2.17 bits per heavy atom. The summed E-state index contributed by atoms with van der Waals surface area (Å²) in [5.74, 6) is -0.849. The number of nitrogens with one attached hydrogen (secondary N) is 1. The van der Waals surface area contributed by atoms with Crippen molar-refractivity contribution in [2.75, 3.05) is 10.8 Å². The number of halogens is 1. The Bertz CT molecular complexity index is 1460. The van der Waals surface area contributed by atoms with E-state index >= 15 is 0 Å². The lowest BCUT2D eigenvalue weighted by Crippen LogP contribution is -2.52. The van der Waals surface area contributed by atoms with Crippen LogP contribution in [0, 0.1) is 20.8 Å². The summed E-state index contributed by atoms with van der Waals surface area (Å²) in [6.45, 7) is 10.6. The number of nitrogens with zero attached hydrogens (tertiary/aromatic N) is 2. The Kier molecular flexibility index (Phi) is 10.4. The van der Waals surface area contributed by atoms with E-state index in [1.165, 1.54) is 17.0 Å². The maximum Gasteiger partial charge on any atom is 0.264 e. The highest BCUT2D eigenvalue weighted by atomic mass is 35.5. The molecule has 0 aliphatic heterocycles. The largest absolute Gasteiger partial charge is 0.352 e. The molecule has 0 radical (unpaired) electrons. The van der Waals surface area contributed by atoms with Crippen LogP contribution in [-0.4, -0.2) is 43.8 Å². The first-order valence-corrected chi connectivity index (χ1v) is 15.2. The van der Waals surface area contributed by atoms with Gasteiger partial charge in [0.15, 0.2) is 0 Å². The van der Waals surface area contributed by atoms with E-state index in [1.54, 1.807) is 56.3 Å². The van der Waals surface area contributed by atoms with Gasteiger partial charge in [-0.25, -0.2) is 8.42 Å². The molecule has 3 rings (SSSR count). The number of aryl methyl sites for hydroxylation is 3. The number of carbonyl (C=O) groups excluding carboxylic acids is 2. The maximum absolute atomic E-state index is 14.1. The van der Waals surface area contributed by atoms with E-state index in [0.717, 1.165) is 21.9 Å². The van der Waals surface area contributed by atoms with Gasteiger partial charge in [-0.1, -0.05) is 66.6 Å². The molecule has 0 aliphatic carbocycles. The van der Waals surface area contributed by atoms with Crippen molar-refractivity contribution < 1.29 is 18.0 Å². The molecule has 0 aromatic heterocycles. The highest BCUT2D eigenvalue weighted by molar-refractivity contribution is 7.92. The topological polar surface area (TPSA) is 86.8 Å². The van der Waals surface area contributed by atoms with E-state index in [2.05, 4.69) is 5.32 Å². The lowest BCUT2D eigenvalue weighted by molar-refractivity contribution is -0.139. The van der Waals surface area contributed by atoms with E-state index in [4.69, 9.17) is 11.6 Å². The van der Waals surface area contributed by atoms with Gasteiger partial charge in [0.1, 0.15) is 12.6 Å². The molecule has 3 aromatic carbocycles. The fourth-order valence-electron chi connectivity index (χ4n) is 4.20. The monoisotopic (exact) mass is 583 g/mol. The lowest BCUT2D eigenvalue weighted by atomic mass is 10.1. The summed E-state index contributed by atoms with van der Waals surface area (Å²) >= 11 is 6.42. The van der Waals surface area contributed by atoms with Crippen molar-refractivity contribution >= 4 is 39.1 Å². The number of rotatable bonds is 11. The minimum absolute atomic E-state index is 0.0405. The lowest BCUT2D eigenvalue weighted by Gasteiger charge is -2.33. The van der Waals surface area contributed by atoms with Crippen molar-refractivity contribution in [1.82, 2.24) is 10.2 Å². The van der Waals surface area contributed by atoms with Crippen LogP contribution in [0.25, 0.3) is 0 Å². The van der Waals surface area contributed by atoms with Gasteiger partial charge in [0.05, 0.1) is 10.6 Å². The average Bonchev–Trinajstić information content (AvgIpc) is 2.92. The van der Waals surface area contributed by atoms with Crippen molar-refractivity contribution in [3.63, 3.8) is 0 Å². The Morgan fingerprint density at radius 1 is 0.925 bits per heavy atom. The molecule has 2 amide bonds. The normalized spacial score (nSPS) is 12.9. The van der Waals surface area contributed by atoms with Crippen molar-refractivity contribution in [3.05, 3.63) is 94.0 Å². The molecule has 0 saturated carbocycles. The molecule has 0 spiro atoms. The van der Waals surface area contributed by atoms with Crippen molar-refractivity contribution in [2.45, 2.75) is 71.5 Å². The van der Waals surface area contributed by atoms with Crippen LogP contribution >= 0.6 is 11.6 Å². The van der Waals surface area contributed by atoms with Crippen molar-refractivity contribution in [2.24, 2.45) is 0 Å². The first-order valence-electron chi connectivity index (χ1n) is 13.3. The van der Waals surface area contributed by atoms with Gasteiger partial charge in [-0.15, -0.1) is 0 Å². The van der Waals surface area contributed by atoms with Crippen LogP contribution in [0.4, 0.5) is 5.69 Å². The second kappa shape index (κ2) is 13.3. The molecule has 0 fully saturated rings. The SMILES string of the molecule is CCC(C)NC(=O)C(C)N(Cc1ccccc1Cl)C(=O)CN(c1cc(C)ccc1C)S(=O)(=O)c1ccc(C)cc1. The molecule has 0 heterocycles. The number of benzene rings is 3. The third-order valence-electron chi connectivity index (χ3n) is 6.99. The van der Waals surface area contributed by atoms with Crippen LogP contribution in [0.1, 0.15) is 49.4 Å². The minimum Gasteiger partial charge on any atom is -0.352 e. The molecule has 1 N–H and O–H groups in total. The predicted molar refractivity (Wildman–Crippen MR) is 161 cm³/mol. The Labute approximate surface area is 243 Å². The van der Waals surface area contributed by atoms with Gasteiger partial charge in [0.25, 0.3) is 10.0 Å². The molecule has 0 bridgehead atoms. The van der Waals surface area contributed by atoms with Crippen LogP contribution < -0.4 is 9.62 Å². The summed E-state index contributed by atoms with van der Waals surface area (Å²) in [5.41, 5.74) is 3.53. The summed E-state index contributed by atoms with van der Waals surface area (Å²) in [6.07, 6.45) is 0.728. The van der Waals surface area contributed by atoms with Gasteiger partial charge in [0.2, 0.25) is 11.8 Å². The number of carbonyl (C=O) groups is 2. The summed E-state index contributed by atoms with van der Waals surface area (Å²) in [5, 5.41) is 3.38. The zero-order chi connectivity index (χ0) is 29.6. The zero-order valence-electron chi connectivity index (χ0n) is 23.9. The molecule has 2 unspecified atom stereocenters. The maximum atomic E-state index is 14.1. The third-order valence-corrected chi connectivity index (χ3v) is 9.13. The molecular formula is C31H38ClN3O4S. The number of amides is 2. The molecule has 2 atom stereocenters. The van der Waals surface area contributed by atoms with Crippen LogP contribution in [0.5, 0.6) is 0 Å². The van der Waals surface area contributed by atoms with E-state index in [0.29, 0.717) is 21.8 Å². The molecule has 0 saturated heterocycles. The zero-order valence-corrected chi connectivity index (χ0v) is 25.5. The molecule has 3 aromatic rings. The van der Waals surface area contributed by atoms with E-state index < -0.39 is 28.5 Å². The van der Waals surface area contributed by atoms with E-state index in [-0.39, 0.29) is 23.4 Å². The third kappa shape index (κ3) is 7.43. The molecular weight excluding hydrogens is 546 g/mol. The van der Waals surface area contributed by atoms with Gasteiger partial charge in [0, 0.05) is 17.6 Å². The Hall–Kier alpha value is -3.36. The second-order valence-corrected chi connectivity index (χ2v) is 12.5. The average molecular weight is 584 g/mol. The van der Waals surface area contributed by atoms with Crippen LogP contribution in [0.15, 0.2) is 71.6 Å². The quantitative estimate of drug-likeness (QED) is 0.309. The van der Waals surface area contributed by atoms with Crippen molar-refractivity contribution in [3.8, 4) is 0 Å². The molecule has 9 heteroatoms. The fourth-order valence-corrected chi connectivity index (χ4v) is 5.86. The smallest absolute Gasteiger partial charge is 0.264 e. The number of anilines is 1. The fraction of sp³-hybridized carbons (Fsp3) is 0.355. The number of sulfonamides is 1. The standard InChI is InChI=1S/C31H38ClN3O4S/c1-7-24(5)33-31(37)25(6)34(19-26-10-8-9-11-28(26)32)30(36)20-35(29-18-22(3)12-15-23(29)4)40(38,39)27-16-13-21(2)14-17-27/h8-18,24-25H,7,19-20H2,1-6H3,(H,33,37). The highest BCUT2D eigenvalue weighted by Gasteiger charge is 2.33. The van der Waals surface area contributed by atoms with Gasteiger partial charge in [-0.05, 0) is 82.0 Å². The van der Waals surface area contributed by atoms with Gasteiger partial charge < -0.3 is 10.2 Å². The predicted octanol–water partition coefficient (Wildman–Crippen LogP) is 5.79. The minimum atomic E-state index is -4.13. The van der Waals surface area contributed by atoms with Crippen LogP contribution in [0.3, 0.4) is 0 Å². The summed E-state index contributed by atoms with van der Waals surface area (Å²) in [6, 6.07) is 18.1. The summed E-state index contributed by atoms with van der Waals surface area (Å²) < 4.78 is 29.2. The van der Waals surface area contributed by atoms with Crippen molar-refractivity contribution in [1.29, 1.82) is 0 Å². The first-order chi connectivity index (χ1) is 18.8. The summed E-state index contributed by atoms with van der Waals surface area (Å²) in [7, 11) is -4.13. The van der Waals surface area contributed by atoms with E-state index in [9.17, 15) is 18.0 Å². The van der Waals surface area contributed by atoms with Crippen LogP contribution in [0.2, 0.25) is 5.02 Å². The molecule has 214 valence electrons. The number of hydrogen-bond donors (Lipinski definition) is 1. The summed E-state index contributed by atoms with van der Waals surface area (Å²) in [4.78, 5) is 28.7. The van der Waals surface area contributed by atoms with Gasteiger partial charge in [-0.2, -0.15) is 0 Å². The second-order valence-electron chi connectivity index (χ2n) is 10.2. The molecule has 0 aliphatic rings. The van der Waals surface area contributed by atoms with Gasteiger partial charge in [-0.3, -0.25) is 13.9 Å². The van der Waals surface area contributed by atoms with Crippen LogP contribution in [-0.2, 0) is 26.2 Å². The Morgan fingerprint density at radius 2 is 1.55 bits per heavy atom. The first kappa shape index (κ1) is 31.2. The molecule has 7 nitrogen and oxygen atoms in total. The number of hydrogen-bond acceptors (Lipinski definition) is 4.